The molecule has 0 fully saturated rings. The summed E-state index contributed by atoms with van der Waals surface area (Å²) in [5.41, 5.74) is 4.71. The average Bonchev–Trinajstić information content (AvgIpc) is 2.46. The van der Waals surface area contributed by atoms with Crippen molar-refractivity contribution in [2.45, 2.75) is 26.2 Å². The minimum Gasteiger partial charge on any atom is -0.481 e. The minimum absolute atomic E-state index is 0.123. The maximum absolute atomic E-state index is 10.7. The standard InChI is InChI=1S/C12H15NO2/c1-7-3-8(2)12-9(5-11(14)15)6-13-10(12)4-7/h3-4,9,13H,5-6H2,1-2H3,(H,14,15). The minimum atomic E-state index is -0.727. The highest BCUT2D eigenvalue weighted by atomic mass is 16.4. The zero-order chi connectivity index (χ0) is 11.0. The van der Waals surface area contributed by atoms with Crippen molar-refractivity contribution in [2.24, 2.45) is 0 Å². The number of hydrogen-bond acceptors (Lipinski definition) is 2. The van der Waals surface area contributed by atoms with Gasteiger partial charge in [-0.15, -0.1) is 0 Å². The first-order chi connectivity index (χ1) is 7.08. The number of hydrogen-bond donors (Lipinski definition) is 2. The molecule has 15 heavy (non-hydrogen) atoms. The highest BCUT2D eigenvalue weighted by Gasteiger charge is 2.26. The highest BCUT2D eigenvalue weighted by Crippen LogP contribution is 2.36. The lowest BCUT2D eigenvalue weighted by Crippen LogP contribution is -2.08. The van der Waals surface area contributed by atoms with Gasteiger partial charge in [0.15, 0.2) is 0 Å². The number of carboxylic acid groups (broad SMARTS) is 1. The van der Waals surface area contributed by atoms with Crippen LogP contribution < -0.4 is 5.32 Å². The Bertz CT molecular complexity index is 412. The third-order valence-electron chi connectivity index (χ3n) is 2.90. The predicted octanol–water partition coefficient (Wildman–Crippen LogP) is 2.29. The van der Waals surface area contributed by atoms with E-state index in [-0.39, 0.29) is 12.3 Å². The summed E-state index contributed by atoms with van der Waals surface area (Å²) >= 11 is 0. The first-order valence-corrected chi connectivity index (χ1v) is 5.14. The molecule has 1 aromatic carbocycles. The van der Waals surface area contributed by atoms with E-state index in [1.807, 2.05) is 6.92 Å². The van der Waals surface area contributed by atoms with Gasteiger partial charge in [0.25, 0.3) is 0 Å². The van der Waals surface area contributed by atoms with Crippen molar-refractivity contribution in [3.05, 3.63) is 28.8 Å². The Labute approximate surface area is 89.1 Å². The molecular formula is C12H15NO2. The number of carboxylic acids is 1. The molecule has 0 radical (unpaired) electrons. The summed E-state index contributed by atoms with van der Waals surface area (Å²) in [6.45, 7) is 4.85. The van der Waals surface area contributed by atoms with Crippen LogP contribution in [0.3, 0.4) is 0 Å². The van der Waals surface area contributed by atoms with E-state index in [1.165, 1.54) is 16.7 Å². The first kappa shape index (κ1) is 10.0. The van der Waals surface area contributed by atoms with E-state index in [4.69, 9.17) is 5.11 Å². The van der Waals surface area contributed by atoms with Crippen LogP contribution in [0.5, 0.6) is 0 Å². The van der Waals surface area contributed by atoms with Crippen LogP contribution >= 0.6 is 0 Å². The number of anilines is 1. The van der Waals surface area contributed by atoms with Crippen molar-refractivity contribution < 1.29 is 9.90 Å². The summed E-state index contributed by atoms with van der Waals surface area (Å²) in [7, 11) is 0. The van der Waals surface area contributed by atoms with Gasteiger partial charge in [0, 0.05) is 18.2 Å². The van der Waals surface area contributed by atoms with Gasteiger partial charge >= 0.3 is 5.97 Å². The molecule has 2 N–H and O–H groups in total. The molecule has 1 aromatic rings. The molecule has 1 aliphatic heterocycles. The van der Waals surface area contributed by atoms with Crippen LogP contribution in [-0.4, -0.2) is 17.6 Å². The SMILES string of the molecule is Cc1cc(C)c2c(c1)NCC2CC(=O)O. The van der Waals surface area contributed by atoms with Crippen LogP contribution in [0.4, 0.5) is 5.69 Å². The molecule has 0 aliphatic carbocycles. The van der Waals surface area contributed by atoms with Gasteiger partial charge < -0.3 is 10.4 Å². The fourth-order valence-corrected chi connectivity index (χ4v) is 2.39. The van der Waals surface area contributed by atoms with Gasteiger partial charge in [0.2, 0.25) is 0 Å². The molecule has 1 aliphatic rings. The molecular weight excluding hydrogens is 190 g/mol. The Morgan fingerprint density at radius 2 is 2.27 bits per heavy atom. The van der Waals surface area contributed by atoms with Crippen LogP contribution in [0.2, 0.25) is 0 Å². The van der Waals surface area contributed by atoms with Crippen LogP contribution in [0, 0.1) is 13.8 Å². The van der Waals surface area contributed by atoms with Crippen molar-refractivity contribution in [2.75, 3.05) is 11.9 Å². The van der Waals surface area contributed by atoms with Crippen molar-refractivity contribution in [1.29, 1.82) is 0 Å². The third kappa shape index (κ3) is 1.82. The zero-order valence-electron chi connectivity index (χ0n) is 9.00. The van der Waals surface area contributed by atoms with Gasteiger partial charge in [-0.25, -0.2) is 0 Å². The molecule has 0 bridgehead atoms. The molecule has 0 amide bonds. The molecule has 0 saturated heterocycles. The molecule has 0 spiro atoms. The van der Waals surface area contributed by atoms with E-state index in [0.717, 1.165) is 12.2 Å². The first-order valence-electron chi connectivity index (χ1n) is 5.14. The summed E-state index contributed by atoms with van der Waals surface area (Å²) in [5, 5.41) is 12.1. The molecule has 1 heterocycles. The van der Waals surface area contributed by atoms with E-state index >= 15 is 0 Å². The van der Waals surface area contributed by atoms with E-state index in [9.17, 15) is 4.79 Å². The molecule has 0 saturated carbocycles. The Kier molecular flexibility index (Phi) is 2.39. The summed E-state index contributed by atoms with van der Waals surface area (Å²) in [5.74, 6) is -0.604. The van der Waals surface area contributed by atoms with Crippen molar-refractivity contribution >= 4 is 11.7 Å². The predicted molar refractivity (Wildman–Crippen MR) is 59.4 cm³/mol. The van der Waals surface area contributed by atoms with Gasteiger partial charge in [-0.1, -0.05) is 6.07 Å². The fraction of sp³-hybridized carbons (Fsp3) is 0.417. The van der Waals surface area contributed by atoms with Gasteiger partial charge in [-0.3, -0.25) is 4.79 Å². The number of benzene rings is 1. The molecule has 3 nitrogen and oxygen atoms in total. The summed E-state index contributed by atoms with van der Waals surface area (Å²) < 4.78 is 0. The highest BCUT2D eigenvalue weighted by molar-refractivity contribution is 5.71. The lowest BCUT2D eigenvalue weighted by Gasteiger charge is -2.10. The number of carbonyl (C=O) groups is 1. The molecule has 80 valence electrons. The lowest BCUT2D eigenvalue weighted by molar-refractivity contribution is -0.137. The van der Waals surface area contributed by atoms with Crippen LogP contribution in [0.25, 0.3) is 0 Å². The smallest absolute Gasteiger partial charge is 0.304 e. The zero-order valence-corrected chi connectivity index (χ0v) is 9.00. The van der Waals surface area contributed by atoms with E-state index in [0.29, 0.717) is 0 Å². The maximum Gasteiger partial charge on any atom is 0.304 e. The molecule has 3 heteroatoms. The van der Waals surface area contributed by atoms with Crippen molar-refractivity contribution in [1.82, 2.24) is 0 Å². The van der Waals surface area contributed by atoms with Gasteiger partial charge in [-0.2, -0.15) is 0 Å². The average molecular weight is 205 g/mol. The van der Waals surface area contributed by atoms with Gasteiger partial charge in [0.1, 0.15) is 0 Å². The fourth-order valence-electron chi connectivity index (χ4n) is 2.39. The third-order valence-corrected chi connectivity index (χ3v) is 2.90. The Morgan fingerprint density at radius 1 is 1.53 bits per heavy atom. The number of aryl methyl sites for hydroxylation is 2. The summed E-state index contributed by atoms with van der Waals surface area (Å²) in [6, 6.07) is 4.20. The van der Waals surface area contributed by atoms with E-state index < -0.39 is 5.97 Å². The number of fused-ring (bicyclic) bond motifs is 1. The maximum atomic E-state index is 10.7. The van der Waals surface area contributed by atoms with E-state index in [1.54, 1.807) is 0 Å². The van der Waals surface area contributed by atoms with Crippen LogP contribution in [0.1, 0.15) is 29.0 Å². The van der Waals surface area contributed by atoms with Crippen molar-refractivity contribution in [3.8, 4) is 0 Å². The number of rotatable bonds is 2. The van der Waals surface area contributed by atoms with Crippen LogP contribution in [-0.2, 0) is 4.79 Å². The Morgan fingerprint density at radius 3 is 2.93 bits per heavy atom. The van der Waals surface area contributed by atoms with Crippen molar-refractivity contribution in [3.63, 3.8) is 0 Å². The van der Waals surface area contributed by atoms with Gasteiger partial charge in [0.05, 0.1) is 6.42 Å². The normalized spacial score (nSPS) is 18.4. The van der Waals surface area contributed by atoms with Gasteiger partial charge in [-0.05, 0) is 36.6 Å². The quantitative estimate of drug-likeness (QED) is 0.778. The molecule has 1 atom stereocenters. The second-order valence-corrected chi connectivity index (χ2v) is 4.22. The van der Waals surface area contributed by atoms with E-state index in [2.05, 4.69) is 24.4 Å². The molecule has 1 unspecified atom stereocenters. The topological polar surface area (TPSA) is 49.3 Å². The lowest BCUT2D eigenvalue weighted by atomic mass is 9.93. The Balaban J connectivity index is 2.37. The molecule has 0 aromatic heterocycles. The van der Waals surface area contributed by atoms with Crippen LogP contribution in [0.15, 0.2) is 12.1 Å². The summed E-state index contributed by atoms with van der Waals surface area (Å²) in [4.78, 5) is 10.7. The monoisotopic (exact) mass is 205 g/mol. The second kappa shape index (κ2) is 3.57. The second-order valence-electron chi connectivity index (χ2n) is 4.22. The number of aliphatic carboxylic acids is 1. The Hall–Kier alpha value is -1.51. The summed E-state index contributed by atoms with van der Waals surface area (Å²) in [6.07, 6.45) is 0.212. The molecule has 2 rings (SSSR count). The number of nitrogens with one attached hydrogen (secondary N) is 1. The largest absolute Gasteiger partial charge is 0.481 e.